The van der Waals surface area contributed by atoms with Gasteiger partial charge in [-0.15, -0.1) is 0 Å². The molecular weight excluding hydrogens is 372 g/mol. The summed E-state index contributed by atoms with van der Waals surface area (Å²) in [5.41, 5.74) is 1.82. The summed E-state index contributed by atoms with van der Waals surface area (Å²) in [5.74, 6) is 0.985. The zero-order valence-corrected chi connectivity index (χ0v) is 16.5. The zero-order valence-electron chi connectivity index (χ0n) is 15.7. The summed E-state index contributed by atoms with van der Waals surface area (Å²) < 4.78 is 5.29. The van der Waals surface area contributed by atoms with Crippen LogP contribution in [0.4, 0.5) is 5.69 Å². The van der Waals surface area contributed by atoms with Crippen LogP contribution >= 0.6 is 11.8 Å². The van der Waals surface area contributed by atoms with Gasteiger partial charge in [0.15, 0.2) is 0 Å². The van der Waals surface area contributed by atoms with Crippen LogP contribution in [0.15, 0.2) is 64.4 Å². The predicted molar refractivity (Wildman–Crippen MR) is 110 cm³/mol. The van der Waals surface area contributed by atoms with E-state index in [2.05, 4.69) is 5.32 Å². The number of amides is 2. The largest absolute Gasteiger partial charge is 0.497 e. The molecule has 2 aromatic rings. The molecule has 0 saturated heterocycles. The number of hydrogen-bond acceptors (Lipinski definition) is 4. The second kappa shape index (κ2) is 8.10. The summed E-state index contributed by atoms with van der Waals surface area (Å²) in [6, 6.07) is 15.4. The highest BCUT2D eigenvalue weighted by atomic mass is 32.2. The molecule has 2 aliphatic rings. The summed E-state index contributed by atoms with van der Waals surface area (Å²) >= 11 is 1.35. The zero-order chi connectivity index (χ0) is 19.5. The van der Waals surface area contributed by atoms with Gasteiger partial charge in [0.2, 0.25) is 5.91 Å². The van der Waals surface area contributed by atoms with Crippen LogP contribution in [0.25, 0.3) is 0 Å². The molecule has 0 atom stereocenters. The van der Waals surface area contributed by atoms with Crippen molar-refractivity contribution >= 4 is 29.3 Å². The van der Waals surface area contributed by atoms with Crippen molar-refractivity contribution < 1.29 is 14.3 Å². The van der Waals surface area contributed by atoms with E-state index in [9.17, 15) is 9.59 Å². The molecule has 1 saturated carbocycles. The fraction of sp³-hybridized carbons (Fsp3) is 0.273. The number of methoxy groups -OCH3 is 1. The number of fused-ring (bicyclic) bond motifs is 1. The topological polar surface area (TPSA) is 58.6 Å². The molecule has 0 bridgehead atoms. The van der Waals surface area contributed by atoms with Gasteiger partial charge in [-0.25, -0.2) is 0 Å². The average molecular weight is 394 g/mol. The van der Waals surface area contributed by atoms with Gasteiger partial charge in [0.05, 0.1) is 24.2 Å². The first-order valence-corrected chi connectivity index (χ1v) is 10.2. The highest BCUT2D eigenvalue weighted by Gasteiger charge is 2.30. The van der Waals surface area contributed by atoms with Gasteiger partial charge in [-0.05, 0) is 48.6 Å². The minimum absolute atomic E-state index is 0.159. The number of nitrogens with one attached hydrogen (secondary N) is 1. The van der Waals surface area contributed by atoms with Crippen molar-refractivity contribution in [3.05, 3.63) is 65.1 Å². The fourth-order valence-corrected chi connectivity index (χ4v) is 4.14. The number of thioether (sulfide) groups is 1. The Kier molecular flexibility index (Phi) is 5.39. The standard InChI is InChI=1S/C22H22N2O3S/c1-27-17-6-4-5-16(11-17)14-24-18-7-2-3-8-19(18)28-20(22(24)26)12-21(25)23-13-15-9-10-15/h2-8,11-12,15H,9-10,13-14H2,1H3,(H,23,25)/b20-12+. The Balaban J connectivity index is 1.60. The number of ether oxygens (including phenoxy) is 1. The second-order valence-corrected chi connectivity index (χ2v) is 8.09. The fourth-order valence-electron chi connectivity index (χ4n) is 3.11. The van der Waals surface area contributed by atoms with E-state index in [-0.39, 0.29) is 11.8 Å². The number of carbonyl (C=O) groups excluding carboxylic acids is 2. The van der Waals surface area contributed by atoms with Gasteiger partial charge >= 0.3 is 0 Å². The summed E-state index contributed by atoms with van der Waals surface area (Å²) in [6.45, 7) is 1.10. The van der Waals surface area contributed by atoms with Gasteiger partial charge in [0, 0.05) is 17.5 Å². The molecule has 1 aliphatic heterocycles. The maximum Gasteiger partial charge on any atom is 0.265 e. The number of para-hydroxylation sites is 1. The maximum atomic E-state index is 13.2. The minimum atomic E-state index is -0.205. The Hall–Kier alpha value is -2.73. The van der Waals surface area contributed by atoms with Crippen LogP contribution in [0.1, 0.15) is 18.4 Å². The van der Waals surface area contributed by atoms with Crippen molar-refractivity contribution in [1.82, 2.24) is 5.32 Å². The Morgan fingerprint density at radius 1 is 1.25 bits per heavy atom. The molecule has 144 valence electrons. The molecule has 0 radical (unpaired) electrons. The van der Waals surface area contributed by atoms with E-state index in [0.29, 0.717) is 23.9 Å². The molecule has 2 amide bonds. The van der Waals surface area contributed by atoms with Crippen LogP contribution < -0.4 is 15.0 Å². The van der Waals surface area contributed by atoms with Gasteiger partial charge in [-0.2, -0.15) is 0 Å². The average Bonchev–Trinajstić information content (AvgIpc) is 3.54. The molecule has 5 nitrogen and oxygen atoms in total. The first-order chi connectivity index (χ1) is 13.6. The van der Waals surface area contributed by atoms with E-state index in [4.69, 9.17) is 4.74 Å². The number of benzene rings is 2. The lowest BCUT2D eigenvalue weighted by molar-refractivity contribution is -0.118. The molecule has 1 fully saturated rings. The summed E-state index contributed by atoms with van der Waals surface area (Å²) in [7, 11) is 1.62. The van der Waals surface area contributed by atoms with Crippen molar-refractivity contribution in [3.63, 3.8) is 0 Å². The van der Waals surface area contributed by atoms with Crippen molar-refractivity contribution in [1.29, 1.82) is 0 Å². The molecule has 1 aliphatic carbocycles. The number of hydrogen-bond donors (Lipinski definition) is 1. The second-order valence-electron chi connectivity index (χ2n) is 7.01. The molecule has 0 unspecified atom stereocenters. The quantitative estimate of drug-likeness (QED) is 0.759. The third-order valence-electron chi connectivity index (χ3n) is 4.83. The van der Waals surface area contributed by atoms with Crippen LogP contribution in [0.5, 0.6) is 5.75 Å². The highest BCUT2D eigenvalue weighted by molar-refractivity contribution is 8.04. The van der Waals surface area contributed by atoms with Crippen molar-refractivity contribution in [2.45, 2.75) is 24.3 Å². The van der Waals surface area contributed by atoms with Crippen LogP contribution in [0.3, 0.4) is 0 Å². The van der Waals surface area contributed by atoms with Crippen LogP contribution in [-0.4, -0.2) is 25.5 Å². The maximum absolute atomic E-state index is 13.2. The Morgan fingerprint density at radius 2 is 2.07 bits per heavy atom. The first-order valence-electron chi connectivity index (χ1n) is 9.35. The molecular formula is C22H22N2O3S. The molecule has 28 heavy (non-hydrogen) atoms. The van der Waals surface area contributed by atoms with Gasteiger partial charge in [-0.1, -0.05) is 36.0 Å². The molecule has 6 heteroatoms. The van der Waals surface area contributed by atoms with Gasteiger partial charge in [0.1, 0.15) is 5.75 Å². The summed E-state index contributed by atoms with van der Waals surface area (Å²) in [6.07, 6.45) is 3.78. The lowest BCUT2D eigenvalue weighted by Gasteiger charge is -2.30. The smallest absolute Gasteiger partial charge is 0.265 e. The van der Waals surface area contributed by atoms with Crippen LogP contribution in [0, 0.1) is 5.92 Å². The normalized spacial score (nSPS) is 17.4. The van der Waals surface area contributed by atoms with Crippen LogP contribution in [-0.2, 0) is 16.1 Å². The van der Waals surface area contributed by atoms with E-state index < -0.39 is 0 Å². The van der Waals surface area contributed by atoms with Crippen molar-refractivity contribution in [2.75, 3.05) is 18.6 Å². The molecule has 0 spiro atoms. The SMILES string of the molecule is COc1cccc(CN2C(=O)/C(=C\C(=O)NCC3CC3)Sc3ccccc32)c1. The van der Waals surface area contributed by atoms with E-state index in [1.54, 1.807) is 12.0 Å². The number of rotatable bonds is 6. The lowest BCUT2D eigenvalue weighted by atomic mass is 10.1. The van der Waals surface area contributed by atoms with Crippen molar-refractivity contribution in [3.8, 4) is 5.75 Å². The number of anilines is 1. The van der Waals surface area contributed by atoms with E-state index >= 15 is 0 Å². The number of carbonyl (C=O) groups is 2. The third-order valence-corrected chi connectivity index (χ3v) is 5.91. The van der Waals surface area contributed by atoms with Gasteiger partial charge < -0.3 is 15.0 Å². The molecule has 0 aromatic heterocycles. The monoisotopic (exact) mass is 394 g/mol. The summed E-state index contributed by atoms with van der Waals surface area (Å²) in [4.78, 5) is 28.5. The Labute approximate surface area is 168 Å². The van der Waals surface area contributed by atoms with E-state index in [1.165, 1.54) is 30.7 Å². The minimum Gasteiger partial charge on any atom is -0.497 e. The van der Waals surface area contributed by atoms with Gasteiger partial charge in [0.25, 0.3) is 5.91 Å². The highest BCUT2D eigenvalue weighted by Crippen LogP contribution is 2.42. The first kappa shape index (κ1) is 18.6. The van der Waals surface area contributed by atoms with Crippen molar-refractivity contribution in [2.24, 2.45) is 5.92 Å². The van der Waals surface area contributed by atoms with Crippen LogP contribution in [0.2, 0.25) is 0 Å². The molecule has 1 heterocycles. The predicted octanol–water partition coefficient (Wildman–Crippen LogP) is 3.74. The number of nitrogens with zero attached hydrogens (tertiary/aromatic N) is 1. The van der Waals surface area contributed by atoms with E-state index in [1.807, 2.05) is 48.5 Å². The lowest BCUT2D eigenvalue weighted by Crippen LogP contribution is -2.34. The van der Waals surface area contributed by atoms with E-state index in [0.717, 1.165) is 21.9 Å². The molecule has 4 rings (SSSR count). The summed E-state index contributed by atoms with van der Waals surface area (Å²) in [5, 5.41) is 2.90. The third kappa shape index (κ3) is 4.22. The van der Waals surface area contributed by atoms with Gasteiger partial charge in [-0.3, -0.25) is 9.59 Å². The molecule has 2 aromatic carbocycles. The Bertz CT molecular complexity index is 937. The molecule has 1 N–H and O–H groups in total. The Morgan fingerprint density at radius 3 is 2.86 bits per heavy atom.